The number of carboxylic acids is 1. The Hall–Kier alpha value is -2.28. The van der Waals surface area contributed by atoms with Gasteiger partial charge in [0.1, 0.15) is 0 Å². The van der Waals surface area contributed by atoms with Crippen LogP contribution in [-0.2, 0) is 11.2 Å². The Morgan fingerprint density at radius 1 is 1.44 bits per heavy atom. The third kappa shape index (κ3) is 1.84. The van der Waals surface area contributed by atoms with Crippen molar-refractivity contribution in [3.63, 3.8) is 0 Å². The van der Waals surface area contributed by atoms with Crippen LogP contribution in [-0.4, -0.2) is 31.1 Å². The Morgan fingerprint density at radius 3 is 3.17 bits per heavy atom. The topological polar surface area (TPSA) is 80.9 Å². The molecular formula is C11H8N4O2S. The molecule has 0 atom stereocenters. The van der Waals surface area contributed by atoms with Gasteiger partial charge in [0.2, 0.25) is 0 Å². The maximum absolute atomic E-state index is 10.7. The quantitative estimate of drug-likeness (QED) is 0.771. The molecule has 2 aromatic heterocycles. The van der Waals surface area contributed by atoms with Gasteiger partial charge in [0, 0.05) is 0 Å². The monoisotopic (exact) mass is 260 g/mol. The maximum atomic E-state index is 10.7. The van der Waals surface area contributed by atoms with E-state index in [1.807, 2.05) is 18.2 Å². The lowest BCUT2D eigenvalue weighted by atomic mass is 10.2. The number of aromatic nitrogens is 4. The van der Waals surface area contributed by atoms with E-state index >= 15 is 0 Å². The predicted octanol–water partition coefficient (Wildman–Crippen LogP) is 1.50. The van der Waals surface area contributed by atoms with Crippen molar-refractivity contribution in [1.29, 1.82) is 0 Å². The van der Waals surface area contributed by atoms with E-state index in [1.165, 1.54) is 22.2 Å². The Labute approximate surface area is 106 Å². The van der Waals surface area contributed by atoms with E-state index in [-0.39, 0.29) is 6.42 Å². The Balaban J connectivity index is 2.08. The number of nitrogens with zero attached hydrogens (tertiary/aromatic N) is 4. The number of hydrogen-bond donors (Lipinski definition) is 1. The number of carbonyl (C=O) groups is 1. The van der Waals surface area contributed by atoms with Crippen LogP contribution >= 0.6 is 11.3 Å². The highest BCUT2D eigenvalue weighted by Gasteiger charge is 2.10. The normalized spacial score (nSPS) is 10.9. The second-order valence-corrected chi connectivity index (χ2v) is 4.60. The molecule has 18 heavy (non-hydrogen) atoms. The van der Waals surface area contributed by atoms with Crippen LogP contribution in [0.2, 0.25) is 0 Å². The van der Waals surface area contributed by atoms with Crippen LogP contribution in [0.15, 0.2) is 29.9 Å². The van der Waals surface area contributed by atoms with Gasteiger partial charge in [-0.15, -0.1) is 16.4 Å². The molecule has 0 unspecified atom stereocenters. The van der Waals surface area contributed by atoms with Crippen LogP contribution in [0.3, 0.4) is 0 Å². The molecule has 1 N–H and O–H groups in total. The number of fused-ring (bicyclic) bond motifs is 1. The summed E-state index contributed by atoms with van der Waals surface area (Å²) in [5.41, 5.74) is 4.03. The van der Waals surface area contributed by atoms with Gasteiger partial charge >= 0.3 is 5.97 Å². The second-order valence-electron chi connectivity index (χ2n) is 3.71. The fraction of sp³-hybridized carbons (Fsp3) is 0.0909. The average molecular weight is 260 g/mol. The molecule has 0 bridgehead atoms. The summed E-state index contributed by atoms with van der Waals surface area (Å²) in [6, 6.07) is 5.66. The number of carboxylic acid groups (broad SMARTS) is 1. The van der Waals surface area contributed by atoms with Gasteiger partial charge in [0.15, 0.2) is 0 Å². The summed E-state index contributed by atoms with van der Waals surface area (Å²) in [6.07, 6.45) is 1.36. The summed E-state index contributed by atoms with van der Waals surface area (Å²) < 4.78 is 2.57. The molecule has 0 aliphatic carbocycles. The lowest BCUT2D eigenvalue weighted by molar-refractivity contribution is -0.136. The van der Waals surface area contributed by atoms with Gasteiger partial charge in [0.25, 0.3) is 0 Å². The summed E-state index contributed by atoms with van der Waals surface area (Å²) in [4.78, 5) is 14.9. The highest BCUT2D eigenvalue weighted by molar-refractivity contribution is 7.16. The lowest BCUT2D eigenvalue weighted by Gasteiger charge is -2.04. The van der Waals surface area contributed by atoms with Crippen LogP contribution in [0.25, 0.3) is 15.9 Å². The first-order chi connectivity index (χ1) is 8.74. The molecule has 0 fully saturated rings. The van der Waals surface area contributed by atoms with E-state index in [0.717, 1.165) is 15.9 Å². The average Bonchev–Trinajstić information content (AvgIpc) is 2.95. The Kier molecular flexibility index (Phi) is 2.52. The molecule has 7 heteroatoms. The highest BCUT2D eigenvalue weighted by atomic mass is 32.1. The summed E-state index contributed by atoms with van der Waals surface area (Å²) in [5.74, 6) is -0.905. The zero-order chi connectivity index (χ0) is 12.5. The number of thiazole rings is 1. The van der Waals surface area contributed by atoms with E-state index in [9.17, 15) is 4.79 Å². The van der Waals surface area contributed by atoms with Crippen molar-refractivity contribution in [2.24, 2.45) is 0 Å². The minimum absolute atomic E-state index is 0.103. The first kappa shape index (κ1) is 10.8. The van der Waals surface area contributed by atoms with E-state index < -0.39 is 5.97 Å². The zero-order valence-corrected chi connectivity index (χ0v) is 9.96. The largest absolute Gasteiger partial charge is 0.481 e. The van der Waals surface area contributed by atoms with Crippen LogP contribution in [0, 0.1) is 0 Å². The highest BCUT2D eigenvalue weighted by Crippen LogP contribution is 2.21. The first-order valence-corrected chi connectivity index (χ1v) is 6.07. The first-order valence-electron chi connectivity index (χ1n) is 5.19. The molecule has 3 aromatic rings. The molecule has 1 aromatic carbocycles. The van der Waals surface area contributed by atoms with Gasteiger partial charge in [-0.25, -0.2) is 9.67 Å². The molecule has 6 nitrogen and oxygen atoms in total. The van der Waals surface area contributed by atoms with Crippen molar-refractivity contribution >= 4 is 27.5 Å². The molecule has 0 amide bonds. The van der Waals surface area contributed by atoms with Gasteiger partial charge in [-0.1, -0.05) is 5.21 Å². The third-order valence-electron chi connectivity index (χ3n) is 2.51. The third-order valence-corrected chi connectivity index (χ3v) is 3.30. The molecule has 3 rings (SSSR count). The van der Waals surface area contributed by atoms with Crippen LogP contribution in [0.1, 0.15) is 5.69 Å². The molecule has 2 heterocycles. The molecule has 0 spiro atoms. The number of benzene rings is 1. The fourth-order valence-electron chi connectivity index (χ4n) is 1.72. The molecule has 0 radical (unpaired) electrons. The fourth-order valence-corrected chi connectivity index (χ4v) is 2.43. The maximum Gasteiger partial charge on any atom is 0.309 e. The lowest BCUT2D eigenvalue weighted by Crippen LogP contribution is -2.07. The van der Waals surface area contributed by atoms with Crippen LogP contribution < -0.4 is 0 Å². The summed E-state index contributed by atoms with van der Waals surface area (Å²) in [7, 11) is 0. The van der Waals surface area contributed by atoms with Gasteiger partial charge in [0.05, 0.1) is 39.7 Å². The van der Waals surface area contributed by atoms with Crippen molar-refractivity contribution in [3.8, 4) is 5.69 Å². The standard InChI is InChI=1S/C11H8N4O2S/c16-11(17)4-8-5-13-14-15(8)7-1-2-9-10(3-7)18-6-12-9/h1-3,5-6H,4H2,(H,16,17). The summed E-state index contributed by atoms with van der Waals surface area (Å²) >= 11 is 1.53. The molecule has 0 aliphatic heterocycles. The number of rotatable bonds is 3. The number of hydrogen-bond acceptors (Lipinski definition) is 5. The van der Waals surface area contributed by atoms with Crippen LogP contribution in [0.4, 0.5) is 0 Å². The van der Waals surface area contributed by atoms with E-state index in [0.29, 0.717) is 5.69 Å². The smallest absolute Gasteiger partial charge is 0.309 e. The molecular weight excluding hydrogens is 252 g/mol. The van der Waals surface area contributed by atoms with Gasteiger partial charge in [-0.2, -0.15) is 0 Å². The van der Waals surface area contributed by atoms with E-state index in [4.69, 9.17) is 5.11 Å². The number of aliphatic carboxylic acids is 1. The zero-order valence-electron chi connectivity index (χ0n) is 9.15. The summed E-state index contributed by atoms with van der Waals surface area (Å²) in [5, 5.41) is 16.5. The van der Waals surface area contributed by atoms with Crippen molar-refractivity contribution in [2.75, 3.05) is 0 Å². The van der Waals surface area contributed by atoms with Crippen molar-refractivity contribution in [2.45, 2.75) is 6.42 Å². The molecule has 90 valence electrons. The van der Waals surface area contributed by atoms with Crippen LogP contribution in [0.5, 0.6) is 0 Å². The Bertz CT molecular complexity index is 718. The van der Waals surface area contributed by atoms with E-state index in [1.54, 1.807) is 5.51 Å². The van der Waals surface area contributed by atoms with E-state index in [2.05, 4.69) is 15.3 Å². The van der Waals surface area contributed by atoms with Gasteiger partial charge in [-0.05, 0) is 18.2 Å². The second kappa shape index (κ2) is 4.19. The minimum Gasteiger partial charge on any atom is -0.481 e. The SMILES string of the molecule is O=C(O)Cc1cnnn1-c1ccc2ncsc2c1. The molecule has 0 saturated heterocycles. The minimum atomic E-state index is -0.905. The summed E-state index contributed by atoms with van der Waals surface area (Å²) in [6.45, 7) is 0. The van der Waals surface area contributed by atoms with Crippen molar-refractivity contribution in [3.05, 3.63) is 35.6 Å². The Morgan fingerprint density at radius 2 is 2.33 bits per heavy atom. The molecule has 0 aliphatic rings. The van der Waals surface area contributed by atoms with Crippen molar-refractivity contribution in [1.82, 2.24) is 20.0 Å². The van der Waals surface area contributed by atoms with Crippen molar-refractivity contribution < 1.29 is 9.90 Å². The predicted molar refractivity (Wildman–Crippen MR) is 65.9 cm³/mol. The van der Waals surface area contributed by atoms with Gasteiger partial charge < -0.3 is 5.11 Å². The molecule has 0 saturated carbocycles. The van der Waals surface area contributed by atoms with Gasteiger partial charge in [-0.3, -0.25) is 4.79 Å².